The lowest BCUT2D eigenvalue weighted by Gasteiger charge is -2.27. The van der Waals surface area contributed by atoms with Crippen LogP contribution in [0.1, 0.15) is 40.9 Å². The van der Waals surface area contributed by atoms with E-state index in [1.807, 2.05) is 11.3 Å². The van der Waals surface area contributed by atoms with Crippen molar-refractivity contribution >= 4 is 22.1 Å². The molecule has 2 unspecified atom stereocenters. The number of aliphatic hydroxyl groups is 1. The number of benzene rings is 2. The van der Waals surface area contributed by atoms with E-state index in [0.717, 1.165) is 12.0 Å². The van der Waals surface area contributed by atoms with Crippen LogP contribution in [-0.4, -0.2) is 5.11 Å². The summed E-state index contributed by atoms with van der Waals surface area (Å²) in [5, 5.41) is 15.5. The van der Waals surface area contributed by atoms with E-state index in [0.29, 0.717) is 0 Å². The molecular formula is C19H18OS. The molecule has 1 aliphatic rings. The van der Waals surface area contributed by atoms with Crippen LogP contribution in [0, 0.1) is 0 Å². The molecule has 0 bridgehead atoms. The van der Waals surface area contributed by atoms with E-state index >= 15 is 0 Å². The summed E-state index contributed by atoms with van der Waals surface area (Å²) in [6.07, 6.45) is 3.04. The fraction of sp³-hybridized carbons (Fsp3) is 0.263. The molecular weight excluding hydrogens is 276 g/mol. The van der Waals surface area contributed by atoms with Crippen LogP contribution >= 0.6 is 11.3 Å². The lowest BCUT2D eigenvalue weighted by atomic mass is 9.81. The van der Waals surface area contributed by atoms with Gasteiger partial charge in [-0.25, -0.2) is 0 Å². The summed E-state index contributed by atoms with van der Waals surface area (Å²) in [4.78, 5) is 1.46. The van der Waals surface area contributed by atoms with E-state index < -0.39 is 6.10 Å². The Morgan fingerprint density at radius 1 is 1.05 bits per heavy atom. The average Bonchev–Trinajstić information content (AvgIpc) is 3.02. The minimum atomic E-state index is -0.400. The number of hydrogen-bond donors (Lipinski definition) is 1. The van der Waals surface area contributed by atoms with Crippen molar-refractivity contribution < 1.29 is 5.11 Å². The third kappa shape index (κ3) is 2.29. The SMILES string of the molecule is OC(c1ccc2ccccc2c1)C1CCCc2sccc21. The Kier molecular flexibility index (Phi) is 3.28. The lowest BCUT2D eigenvalue weighted by molar-refractivity contribution is 0.136. The second-order valence-corrected chi connectivity index (χ2v) is 6.85. The minimum absolute atomic E-state index is 0.251. The van der Waals surface area contributed by atoms with Crippen LogP contribution in [0.2, 0.25) is 0 Å². The van der Waals surface area contributed by atoms with Crippen LogP contribution in [0.3, 0.4) is 0 Å². The van der Waals surface area contributed by atoms with Gasteiger partial charge in [0.25, 0.3) is 0 Å². The monoisotopic (exact) mass is 294 g/mol. The van der Waals surface area contributed by atoms with Crippen LogP contribution in [0.15, 0.2) is 53.9 Å². The predicted octanol–water partition coefficient (Wildman–Crippen LogP) is 5.05. The zero-order chi connectivity index (χ0) is 14.2. The fourth-order valence-electron chi connectivity index (χ4n) is 3.47. The molecule has 2 atom stereocenters. The highest BCUT2D eigenvalue weighted by molar-refractivity contribution is 7.10. The zero-order valence-corrected chi connectivity index (χ0v) is 12.6. The van der Waals surface area contributed by atoms with Gasteiger partial charge in [-0.3, -0.25) is 0 Å². The molecule has 0 fully saturated rings. The molecule has 2 aromatic carbocycles. The summed E-state index contributed by atoms with van der Waals surface area (Å²) >= 11 is 1.83. The van der Waals surface area contributed by atoms with Crippen LogP contribution in [-0.2, 0) is 6.42 Å². The van der Waals surface area contributed by atoms with Gasteiger partial charge in [-0.2, -0.15) is 0 Å². The summed E-state index contributed by atoms with van der Waals surface area (Å²) in [5.41, 5.74) is 2.41. The van der Waals surface area contributed by atoms with Gasteiger partial charge in [0.05, 0.1) is 6.10 Å². The van der Waals surface area contributed by atoms with Crippen molar-refractivity contribution in [1.82, 2.24) is 0 Å². The Bertz CT molecular complexity index is 774. The highest BCUT2D eigenvalue weighted by Gasteiger charge is 2.28. The molecule has 2 heteroatoms. The van der Waals surface area contributed by atoms with Crippen LogP contribution < -0.4 is 0 Å². The first kappa shape index (κ1) is 13.1. The van der Waals surface area contributed by atoms with Crippen molar-refractivity contribution in [3.8, 4) is 0 Å². The molecule has 106 valence electrons. The third-order valence-corrected chi connectivity index (χ3v) is 5.59. The van der Waals surface area contributed by atoms with Gasteiger partial charge >= 0.3 is 0 Å². The number of aliphatic hydroxyl groups excluding tert-OH is 1. The summed E-state index contributed by atoms with van der Waals surface area (Å²) in [6.45, 7) is 0. The van der Waals surface area contributed by atoms with E-state index in [2.05, 4.69) is 53.9 Å². The fourth-order valence-corrected chi connectivity index (χ4v) is 4.47. The number of rotatable bonds is 2. The summed E-state index contributed by atoms with van der Waals surface area (Å²) in [5.74, 6) is 0.251. The molecule has 4 rings (SSSR count). The lowest BCUT2D eigenvalue weighted by Crippen LogP contribution is -2.15. The number of thiophene rings is 1. The molecule has 0 amide bonds. The normalized spacial score (nSPS) is 19.4. The van der Waals surface area contributed by atoms with Crippen molar-refractivity contribution in [3.05, 3.63) is 69.9 Å². The van der Waals surface area contributed by atoms with Gasteiger partial charge in [-0.15, -0.1) is 11.3 Å². The highest BCUT2D eigenvalue weighted by Crippen LogP contribution is 2.42. The van der Waals surface area contributed by atoms with E-state index in [1.54, 1.807) is 0 Å². The maximum Gasteiger partial charge on any atom is 0.0859 e. The smallest absolute Gasteiger partial charge is 0.0859 e. The van der Waals surface area contributed by atoms with E-state index in [4.69, 9.17) is 0 Å². The standard InChI is InChI=1S/C19H18OS/c20-19(17-6-3-7-18-16(17)10-11-21-18)15-9-8-13-4-1-2-5-14(13)12-15/h1-2,4-5,8-12,17,19-20H,3,6-7H2. The van der Waals surface area contributed by atoms with Gasteiger partial charge in [0, 0.05) is 10.8 Å². The predicted molar refractivity (Wildman–Crippen MR) is 88.9 cm³/mol. The first-order valence-corrected chi connectivity index (χ1v) is 8.44. The Balaban J connectivity index is 1.72. The molecule has 21 heavy (non-hydrogen) atoms. The molecule has 0 spiro atoms. The number of hydrogen-bond acceptors (Lipinski definition) is 2. The summed E-state index contributed by atoms with van der Waals surface area (Å²) in [6, 6.07) is 16.9. The maximum absolute atomic E-state index is 10.9. The van der Waals surface area contributed by atoms with E-state index in [-0.39, 0.29) is 5.92 Å². The van der Waals surface area contributed by atoms with Crippen LogP contribution in [0.4, 0.5) is 0 Å². The Labute approximate surface area is 128 Å². The van der Waals surface area contributed by atoms with Gasteiger partial charge in [0.1, 0.15) is 0 Å². The average molecular weight is 294 g/mol. The molecule has 3 aromatic rings. The van der Waals surface area contributed by atoms with E-state index in [1.165, 1.54) is 34.1 Å². The second kappa shape index (κ2) is 5.28. The molecule has 1 aliphatic carbocycles. The molecule has 0 radical (unpaired) electrons. The number of fused-ring (bicyclic) bond motifs is 2. The molecule has 1 aromatic heterocycles. The molecule has 1 N–H and O–H groups in total. The van der Waals surface area contributed by atoms with Crippen molar-refractivity contribution in [1.29, 1.82) is 0 Å². The first-order valence-electron chi connectivity index (χ1n) is 7.56. The van der Waals surface area contributed by atoms with Gasteiger partial charge in [0.15, 0.2) is 0 Å². The minimum Gasteiger partial charge on any atom is -0.388 e. The van der Waals surface area contributed by atoms with Gasteiger partial charge in [-0.1, -0.05) is 36.4 Å². The second-order valence-electron chi connectivity index (χ2n) is 5.85. The van der Waals surface area contributed by atoms with Crippen LogP contribution in [0.25, 0.3) is 10.8 Å². The van der Waals surface area contributed by atoms with Gasteiger partial charge in [0.2, 0.25) is 0 Å². The summed E-state index contributed by atoms with van der Waals surface area (Å²) < 4.78 is 0. The Morgan fingerprint density at radius 2 is 1.90 bits per heavy atom. The largest absolute Gasteiger partial charge is 0.388 e. The zero-order valence-electron chi connectivity index (χ0n) is 11.8. The van der Waals surface area contributed by atoms with Crippen molar-refractivity contribution in [2.75, 3.05) is 0 Å². The van der Waals surface area contributed by atoms with Crippen molar-refractivity contribution in [2.24, 2.45) is 0 Å². The molecule has 1 nitrogen and oxygen atoms in total. The van der Waals surface area contributed by atoms with Crippen molar-refractivity contribution in [3.63, 3.8) is 0 Å². The van der Waals surface area contributed by atoms with Gasteiger partial charge in [-0.05, 0) is 58.7 Å². The Hall–Kier alpha value is -1.64. The number of aryl methyl sites for hydroxylation is 1. The highest BCUT2D eigenvalue weighted by atomic mass is 32.1. The molecule has 0 saturated carbocycles. The van der Waals surface area contributed by atoms with E-state index in [9.17, 15) is 5.11 Å². The van der Waals surface area contributed by atoms with Crippen LogP contribution in [0.5, 0.6) is 0 Å². The summed E-state index contributed by atoms with van der Waals surface area (Å²) in [7, 11) is 0. The molecule has 0 saturated heterocycles. The quantitative estimate of drug-likeness (QED) is 0.701. The van der Waals surface area contributed by atoms with Crippen molar-refractivity contribution in [2.45, 2.75) is 31.3 Å². The Morgan fingerprint density at radius 3 is 2.81 bits per heavy atom. The molecule has 1 heterocycles. The first-order chi connectivity index (χ1) is 10.3. The molecule has 0 aliphatic heterocycles. The maximum atomic E-state index is 10.9. The topological polar surface area (TPSA) is 20.2 Å². The third-order valence-electron chi connectivity index (χ3n) is 4.59. The van der Waals surface area contributed by atoms with Gasteiger partial charge < -0.3 is 5.11 Å².